The number of nitrogens with zero attached hydrogens (tertiary/aromatic N) is 1. The Bertz CT molecular complexity index is 195. The summed E-state index contributed by atoms with van der Waals surface area (Å²) in [6.45, 7) is 3.23. The molecule has 0 bridgehead atoms. The van der Waals surface area contributed by atoms with Gasteiger partial charge in [-0.1, -0.05) is 18.7 Å². The van der Waals surface area contributed by atoms with Gasteiger partial charge in [-0.2, -0.15) is 11.8 Å². The van der Waals surface area contributed by atoms with E-state index < -0.39 is 0 Å². The summed E-state index contributed by atoms with van der Waals surface area (Å²) in [7, 11) is 0. The van der Waals surface area contributed by atoms with Crippen LogP contribution < -0.4 is 5.32 Å². The third kappa shape index (κ3) is 5.71. The number of hydrogen-bond donors (Lipinski definition) is 1. The molecule has 88 valence electrons. The predicted octanol–water partition coefficient (Wildman–Crippen LogP) is 2.99. The zero-order valence-corrected chi connectivity index (χ0v) is 11.4. The Kier molecular flexibility index (Phi) is 7.36. The number of amidine groups is 1. The van der Waals surface area contributed by atoms with Gasteiger partial charge in [-0.25, -0.2) is 0 Å². The fraction of sp³-hybridized carbons (Fsp3) is 0.909. The monoisotopic (exact) mass is 246 g/mol. The van der Waals surface area contributed by atoms with Gasteiger partial charge in [-0.15, -0.1) is 0 Å². The normalized spacial score (nSPS) is 24.1. The van der Waals surface area contributed by atoms with Crippen LogP contribution in [0.3, 0.4) is 0 Å². The van der Waals surface area contributed by atoms with Crippen LogP contribution in [0, 0.1) is 0 Å². The highest BCUT2D eigenvalue weighted by molar-refractivity contribution is 8.13. The van der Waals surface area contributed by atoms with Gasteiger partial charge >= 0.3 is 0 Å². The molecule has 1 unspecified atom stereocenters. The van der Waals surface area contributed by atoms with E-state index >= 15 is 0 Å². The number of aliphatic imine (C=N–C) groups is 1. The van der Waals surface area contributed by atoms with E-state index in [1.165, 1.54) is 42.4 Å². The van der Waals surface area contributed by atoms with E-state index in [0.29, 0.717) is 6.04 Å². The van der Waals surface area contributed by atoms with E-state index in [4.69, 9.17) is 0 Å². The summed E-state index contributed by atoms with van der Waals surface area (Å²) in [5.74, 6) is 2.50. The van der Waals surface area contributed by atoms with Crippen molar-refractivity contribution in [1.29, 1.82) is 0 Å². The molecule has 1 fully saturated rings. The topological polar surface area (TPSA) is 24.4 Å². The molecule has 0 saturated carbocycles. The van der Waals surface area contributed by atoms with Crippen LogP contribution in [-0.4, -0.2) is 35.5 Å². The second-order valence-corrected chi connectivity index (χ2v) is 5.84. The standard InChI is InChI=1S/C11H22N2S2/c1-3-10-6-9-15-11(13-10)12-7-4-5-8-14-2/h10H,3-9H2,1-2H3,(H,12,13). The molecular formula is C11H22N2S2. The lowest BCUT2D eigenvalue weighted by Gasteiger charge is -2.24. The fourth-order valence-electron chi connectivity index (χ4n) is 1.52. The maximum Gasteiger partial charge on any atom is 0.156 e. The first-order valence-corrected chi connectivity index (χ1v) is 8.17. The molecule has 0 spiro atoms. The molecule has 15 heavy (non-hydrogen) atoms. The van der Waals surface area contributed by atoms with E-state index in [-0.39, 0.29) is 0 Å². The molecule has 1 saturated heterocycles. The van der Waals surface area contributed by atoms with Crippen LogP contribution in [0.2, 0.25) is 0 Å². The van der Waals surface area contributed by atoms with Gasteiger partial charge < -0.3 is 5.32 Å². The summed E-state index contributed by atoms with van der Waals surface area (Å²) in [5, 5.41) is 4.68. The molecular weight excluding hydrogens is 224 g/mol. The molecule has 1 atom stereocenters. The fourth-order valence-corrected chi connectivity index (χ4v) is 3.04. The molecule has 1 heterocycles. The summed E-state index contributed by atoms with van der Waals surface area (Å²) >= 11 is 3.80. The lowest BCUT2D eigenvalue weighted by molar-refractivity contribution is 0.570. The maximum atomic E-state index is 4.61. The third-order valence-electron chi connectivity index (χ3n) is 2.54. The van der Waals surface area contributed by atoms with E-state index in [2.05, 4.69) is 23.5 Å². The summed E-state index contributed by atoms with van der Waals surface area (Å²) < 4.78 is 0. The quantitative estimate of drug-likeness (QED) is 0.729. The SMILES string of the molecule is CCC1CCSC(=NCCCCSC)N1. The zero-order valence-electron chi connectivity index (χ0n) is 9.79. The highest BCUT2D eigenvalue weighted by atomic mass is 32.2. The van der Waals surface area contributed by atoms with Gasteiger partial charge in [0.2, 0.25) is 0 Å². The lowest BCUT2D eigenvalue weighted by atomic mass is 10.2. The predicted molar refractivity (Wildman–Crippen MR) is 74.2 cm³/mol. The minimum atomic E-state index is 0.663. The Hall–Kier alpha value is 0.170. The van der Waals surface area contributed by atoms with Crippen molar-refractivity contribution in [2.45, 2.75) is 38.6 Å². The Balaban J connectivity index is 2.14. The second kappa shape index (κ2) is 8.34. The van der Waals surface area contributed by atoms with Gasteiger partial charge in [0.05, 0.1) is 0 Å². The molecule has 1 aliphatic rings. The molecule has 0 amide bonds. The molecule has 0 aromatic carbocycles. The Morgan fingerprint density at radius 3 is 3.13 bits per heavy atom. The summed E-state index contributed by atoms with van der Waals surface area (Å²) in [6.07, 6.45) is 7.18. The highest BCUT2D eigenvalue weighted by Gasteiger charge is 2.14. The molecule has 1 aliphatic heterocycles. The van der Waals surface area contributed by atoms with Crippen molar-refractivity contribution < 1.29 is 0 Å². The number of unbranched alkanes of at least 4 members (excludes halogenated alkanes) is 1. The molecule has 0 aromatic rings. The summed E-state index contributed by atoms with van der Waals surface area (Å²) in [5.41, 5.74) is 0. The van der Waals surface area contributed by atoms with E-state index in [9.17, 15) is 0 Å². The van der Waals surface area contributed by atoms with Crippen molar-refractivity contribution in [1.82, 2.24) is 5.32 Å². The summed E-state index contributed by atoms with van der Waals surface area (Å²) in [4.78, 5) is 4.61. The van der Waals surface area contributed by atoms with E-state index in [0.717, 1.165) is 6.54 Å². The van der Waals surface area contributed by atoms with Gasteiger partial charge in [0.25, 0.3) is 0 Å². The Labute approximate surface area is 102 Å². The molecule has 0 aliphatic carbocycles. The minimum Gasteiger partial charge on any atom is -0.362 e. The first-order chi connectivity index (χ1) is 7.36. The van der Waals surface area contributed by atoms with Crippen LogP contribution in [0.15, 0.2) is 4.99 Å². The van der Waals surface area contributed by atoms with Gasteiger partial charge in [0.15, 0.2) is 5.17 Å². The number of nitrogens with one attached hydrogen (secondary N) is 1. The molecule has 2 nitrogen and oxygen atoms in total. The van der Waals surface area contributed by atoms with Gasteiger partial charge in [-0.3, -0.25) is 4.99 Å². The van der Waals surface area contributed by atoms with Crippen LogP contribution in [-0.2, 0) is 0 Å². The smallest absolute Gasteiger partial charge is 0.156 e. The average Bonchev–Trinajstić information content (AvgIpc) is 2.29. The zero-order chi connectivity index (χ0) is 10.9. The van der Waals surface area contributed by atoms with E-state index in [1.54, 1.807) is 0 Å². The first kappa shape index (κ1) is 13.2. The van der Waals surface area contributed by atoms with Crippen molar-refractivity contribution in [2.24, 2.45) is 4.99 Å². The van der Waals surface area contributed by atoms with Crippen molar-refractivity contribution in [2.75, 3.05) is 24.3 Å². The number of hydrogen-bond acceptors (Lipinski definition) is 3. The molecule has 1 N–H and O–H groups in total. The first-order valence-electron chi connectivity index (χ1n) is 5.79. The van der Waals surface area contributed by atoms with Crippen LogP contribution in [0.25, 0.3) is 0 Å². The van der Waals surface area contributed by atoms with Gasteiger partial charge in [-0.05, 0) is 37.7 Å². The van der Waals surface area contributed by atoms with Crippen LogP contribution in [0.1, 0.15) is 32.6 Å². The lowest BCUT2D eigenvalue weighted by Crippen LogP contribution is -2.37. The molecule has 4 heteroatoms. The van der Waals surface area contributed by atoms with E-state index in [1.807, 2.05) is 23.5 Å². The minimum absolute atomic E-state index is 0.663. The van der Waals surface area contributed by atoms with Crippen molar-refractivity contribution in [3.05, 3.63) is 0 Å². The van der Waals surface area contributed by atoms with Crippen LogP contribution in [0.5, 0.6) is 0 Å². The number of thioether (sulfide) groups is 2. The highest BCUT2D eigenvalue weighted by Crippen LogP contribution is 2.15. The maximum absolute atomic E-state index is 4.61. The van der Waals surface area contributed by atoms with Gasteiger partial charge in [0.1, 0.15) is 0 Å². The number of rotatable bonds is 6. The van der Waals surface area contributed by atoms with Crippen LogP contribution in [0.4, 0.5) is 0 Å². The Morgan fingerprint density at radius 2 is 2.40 bits per heavy atom. The van der Waals surface area contributed by atoms with Crippen molar-refractivity contribution in [3.63, 3.8) is 0 Å². The average molecular weight is 246 g/mol. The van der Waals surface area contributed by atoms with Crippen molar-refractivity contribution in [3.8, 4) is 0 Å². The molecule has 0 aromatic heterocycles. The Morgan fingerprint density at radius 1 is 1.53 bits per heavy atom. The van der Waals surface area contributed by atoms with Crippen molar-refractivity contribution >= 4 is 28.7 Å². The van der Waals surface area contributed by atoms with Crippen LogP contribution >= 0.6 is 23.5 Å². The second-order valence-electron chi connectivity index (χ2n) is 3.77. The largest absolute Gasteiger partial charge is 0.362 e. The third-order valence-corrected chi connectivity index (χ3v) is 4.19. The van der Waals surface area contributed by atoms with Gasteiger partial charge in [0, 0.05) is 18.3 Å². The molecule has 1 rings (SSSR count). The summed E-state index contributed by atoms with van der Waals surface area (Å²) in [6, 6.07) is 0.663. The molecule has 0 radical (unpaired) electrons.